The van der Waals surface area contributed by atoms with Crippen molar-refractivity contribution in [3.05, 3.63) is 22.2 Å². The van der Waals surface area contributed by atoms with E-state index in [1.807, 2.05) is 4.90 Å². The summed E-state index contributed by atoms with van der Waals surface area (Å²) < 4.78 is 26.6. The van der Waals surface area contributed by atoms with Gasteiger partial charge in [0.25, 0.3) is 0 Å². The van der Waals surface area contributed by atoms with E-state index in [1.54, 1.807) is 0 Å². The number of benzene rings is 1. The molecule has 0 unspecified atom stereocenters. The van der Waals surface area contributed by atoms with Crippen molar-refractivity contribution in [3.63, 3.8) is 0 Å². The van der Waals surface area contributed by atoms with Gasteiger partial charge in [0, 0.05) is 26.2 Å². The Morgan fingerprint density at radius 1 is 1.24 bits per heavy atom. The summed E-state index contributed by atoms with van der Waals surface area (Å²) in [5.41, 5.74) is 5.77. The minimum Gasteiger partial charge on any atom is -0.396 e. The molecule has 2 N–H and O–H groups in total. The maximum absolute atomic E-state index is 12.6. The van der Waals surface area contributed by atoms with Crippen LogP contribution in [0.5, 0.6) is 0 Å². The van der Waals surface area contributed by atoms with Gasteiger partial charge in [-0.15, -0.1) is 6.42 Å². The third kappa shape index (κ3) is 3.28. The molecule has 1 fully saturated rings. The summed E-state index contributed by atoms with van der Waals surface area (Å²) in [6.45, 7) is 2.42. The number of rotatable bonds is 3. The second-order valence-corrected chi connectivity index (χ2v) is 7.35. The fourth-order valence-corrected chi connectivity index (χ4v) is 4.31. The minimum atomic E-state index is -3.69. The Hall–Kier alpha value is -0.970. The molecule has 5 nitrogen and oxygen atoms in total. The van der Waals surface area contributed by atoms with E-state index in [2.05, 4.69) is 5.92 Å². The molecule has 1 aliphatic rings. The van der Waals surface area contributed by atoms with Gasteiger partial charge in [-0.05, 0) is 12.1 Å². The second-order valence-electron chi connectivity index (χ2n) is 4.66. The topological polar surface area (TPSA) is 66.6 Å². The van der Waals surface area contributed by atoms with Crippen molar-refractivity contribution in [2.75, 3.05) is 38.5 Å². The fraction of sp³-hybridized carbons (Fsp3) is 0.385. The average Bonchev–Trinajstić information content (AvgIpc) is 2.45. The standard InChI is InChI=1S/C13H15Cl2N3O2S/c1-2-5-17-6-8-18(9-7-17)21(19,20)11-4-3-10(14)13(16)12(11)15/h1,3-4H,5-9,16H2. The van der Waals surface area contributed by atoms with Crippen LogP contribution in [-0.4, -0.2) is 50.3 Å². The highest BCUT2D eigenvalue weighted by molar-refractivity contribution is 7.89. The molecule has 2 rings (SSSR count). The van der Waals surface area contributed by atoms with Crippen LogP contribution in [0.3, 0.4) is 0 Å². The van der Waals surface area contributed by atoms with Crippen molar-refractivity contribution in [3.8, 4) is 12.3 Å². The molecule has 0 aromatic heterocycles. The zero-order valence-corrected chi connectivity index (χ0v) is 13.5. The smallest absolute Gasteiger partial charge is 0.244 e. The summed E-state index contributed by atoms with van der Waals surface area (Å²) in [4.78, 5) is 2.00. The molecule has 0 saturated carbocycles. The van der Waals surface area contributed by atoms with Crippen LogP contribution in [0.4, 0.5) is 5.69 Å². The summed E-state index contributed by atoms with van der Waals surface area (Å²) in [6, 6.07) is 2.81. The van der Waals surface area contributed by atoms with Gasteiger partial charge in [-0.25, -0.2) is 8.42 Å². The summed E-state index contributed by atoms with van der Waals surface area (Å²) in [6.07, 6.45) is 5.25. The van der Waals surface area contributed by atoms with Crippen LogP contribution in [0, 0.1) is 12.3 Å². The number of terminal acetylenes is 1. The molecule has 21 heavy (non-hydrogen) atoms. The predicted octanol–water partition coefficient (Wildman–Crippen LogP) is 1.52. The molecule has 1 heterocycles. The molecule has 1 saturated heterocycles. The number of hydrogen-bond acceptors (Lipinski definition) is 4. The molecule has 0 spiro atoms. The van der Waals surface area contributed by atoms with E-state index in [1.165, 1.54) is 16.4 Å². The first-order chi connectivity index (χ1) is 9.87. The van der Waals surface area contributed by atoms with Crippen LogP contribution in [0.25, 0.3) is 0 Å². The number of piperazine rings is 1. The van der Waals surface area contributed by atoms with Crippen molar-refractivity contribution in [2.24, 2.45) is 0 Å². The molecule has 1 aliphatic heterocycles. The summed E-state index contributed by atoms with van der Waals surface area (Å²) in [7, 11) is -3.69. The van der Waals surface area contributed by atoms with E-state index < -0.39 is 10.0 Å². The van der Waals surface area contributed by atoms with Gasteiger partial charge in [0.15, 0.2) is 0 Å². The predicted molar refractivity (Wildman–Crippen MR) is 84.9 cm³/mol. The van der Waals surface area contributed by atoms with E-state index in [4.69, 9.17) is 35.4 Å². The quantitative estimate of drug-likeness (QED) is 0.664. The maximum atomic E-state index is 12.6. The number of nitrogens with two attached hydrogens (primary N) is 1. The Labute approximate surface area is 134 Å². The van der Waals surface area contributed by atoms with E-state index in [9.17, 15) is 8.42 Å². The van der Waals surface area contributed by atoms with Crippen LogP contribution in [0.2, 0.25) is 10.0 Å². The summed E-state index contributed by atoms with van der Waals surface area (Å²) in [5, 5.41) is 0.200. The van der Waals surface area contributed by atoms with Gasteiger partial charge >= 0.3 is 0 Å². The van der Waals surface area contributed by atoms with Crippen molar-refractivity contribution in [2.45, 2.75) is 4.90 Å². The summed E-state index contributed by atoms with van der Waals surface area (Å²) in [5.74, 6) is 2.55. The van der Waals surface area contributed by atoms with E-state index >= 15 is 0 Å². The zero-order valence-electron chi connectivity index (χ0n) is 11.2. The Balaban J connectivity index is 2.24. The third-order valence-electron chi connectivity index (χ3n) is 3.36. The highest BCUT2D eigenvalue weighted by Gasteiger charge is 2.30. The van der Waals surface area contributed by atoms with Gasteiger partial charge in [0.05, 0.1) is 22.3 Å². The van der Waals surface area contributed by atoms with Crippen molar-refractivity contribution < 1.29 is 8.42 Å². The van der Waals surface area contributed by atoms with Crippen LogP contribution >= 0.6 is 23.2 Å². The zero-order chi connectivity index (χ0) is 15.6. The first-order valence-corrected chi connectivity index (χ1v) is 8.47. The largest absolute Gasteiger partial charge is 0.396 e. The first-order valence-electron chi connectivity index (χ1n) is 6.27. The maximum Gasteiger partial charge on any atom is 0.244 e. The van der Waals surface area contributed by atoms with Crippen LogP contribution in [0.1, 0.15) is 0 Å². The number of nitrogen functional groups attached to an aromatic ring is 1. The fourth-order valence-electron chi connectivity index (χ4n) is 2.14. The van der Waals surface area contributed by atoms with E-state index in [0.717, 1.165) is 0 Å². The van der Waals surface area contributed by atoms with E-state index in [0.29, 0.717) is 32.7 Å². The number of sulfonamides is 1. The second kappa shape index (κ2) is 6.42. The molecule has 1 aromatic rings. The Kier molecular flexibility index (Phi) is 5.02. The van der Waals surface area contributed by atoms with Gasteiger partial charge in [0.2, 0.25) is 10.0 Å². The van der Waals surface area contributed by atoms with Crippen molar-refractivity contribution in [1.29, 1.82) is 0 Å². The Bertz CT molecular complexity index is 677. The number of anilines is 1. The molecule has 1 aromatic carbocycles. The average molecular weight is 348 g/mol. The molecule has 114 valence electrons. The van der Waals surface area contributed by atoms with Crippen LogP contribution in [0.15, 0.2) is 17.0 Å². The highest BCUT2D eigenvalue weighted by Crippen LogP contribution is 2.34. The normalized spacial score (nSPS) is 17.6. The molecule has 0 radical (unpaired) electrons. The van der Waals surface area contributed by atoms with Gasteiger partial charge in [-0.3, -0.25) is 4.90 Å². The molecule has 8 heteroatoms. The molecule has 0 atom stereocenters. The van der Waals surface area contributed by atoms with Crippen molar-refractivity contribution in [1.82, 2.24) is 9.21 Å². The Morgan fingerprint density at radius 3 is 2.43 bits per heavy atom. The monoisotopic (exact) mass is 347 g/mol. The molecule has 0 bridgehead atoms. The first kappa shape index (κ1) is 16.4. The molecular weight excluding hydrogens is 333 g/mol. The van der Waals surface area contributed by atoms with Gasteiger partial charge in [0.1, 0.15) is 4.90 Å². The third-order valence-corrected chi connectivity index (χ3v) is 6.14. The molecular formula is C13H15Cl2N3O2S. The molecule has 0 aliphatic carbocycles. The summed E-state index contributed by atoms with van der Waals surface area (Å²) >= 11 is 11.9. The van der Waals surface area contributed by atoms with Crippen LogP contribution in [-0.2, 0) is 10.0 Å². The minimum absolute atomic E-state index is 0.0172. The van der Waals surface area contributed by atoms with Gasteiger partial charge in [-0.2, -0.15) is 4.31 Å². The number of hydrogen-bond donors (Lipinski definition) is 1. The van der Waals surface area contributed by atoms with Crippen LogP contribution < -0.4 is 5.73 Å². The number of halogens is 2. The number of nitrogens with zero attached hydrogens (tertiary/aromatic N) is 2. The SMILES string of the molecule is C#CCN1CCN(S(=O)(=O)c2ccc(Cl)c(N)c2Cl)CC1. The lowest BCUT2D eigenvalue weighted by Gasteiger charge is -2.33. The highest BCUT2D eigenvalue weighted by atomic mass is 35.5. The lowest BCUT2D eigenvalue weighted by Crippen LogP contribution is -2.48. The Morgan fingerprint density at radius 2 is 1.86 bits per heavy atom. The van der Waals surface area contributed by atoms with Crippen molar-refractivity contribution >= 4 is 38.9 Å². The lowest BCUT2D eigenvalue weighted by molar-refractivity contribution is 0.207. The van der Waals surface area contributed by atoms with Gasteiger partial charge < -0.3 is 5.73 Å². The van der Waals surface area contributed by atoms with E-state index in [-0.39, 0.29) is 20.6 Å². The molecule has 0 amide bonds. The van der Waals surface area contributed by atoms with Gasteiger partial charge in [-0.1, -0.05) is 29.1 Å². The lowest BCUT2D eigenvalue weighted by atomic mass is 10.3.